The summed E-state index contributed by atoms with van der Waals surface area (Å²) in [5.41, 5.74) is 1.56. The number of nitrogens with one attached hydrogen (secondary N) is 1. The van der Waals surface area contributed by atoms with Gasteiger partial charge in [0.15, 0.2) is 0 Å². The molecule has 20 heavy (non-hydrogen) atoms. The van der Waals surface area contributed by atoms with Gasteiger partial charge < -0.3 is 15.2 Å². The number of pyridine rings is 1. The van der Waals surface area contributed by atoms with Crippen molar-refractivity contribution in [3.63, 3.8) is 0 Å². The van der Waals surface area contributed by atoms with Crippen LogP contribution in [0.25, 0.3) is 0 Å². The summed E-state index contributed by atoms with van der Waals surface area (Å²) in [5, 5.41) is 11.9. The van der Waals surface area contributed by atoms with E-state index in [4.69, 9.17) is 9.84 Å². The maximum Gasteiger partial charge on any atom is 0.335 e. The van der Waals surface area contributed by atoms with Gasteiger partial charge in [-0.25, -0.2) is 9.78 Å². The van der Waals surface area contributed by atoms with Crippen LogP contribution in [0.5, 0.6) is 5.88 Å². The number of methoxy groups -OCH3 is 1. The Labute approximate surface area is 115 Å². The summed E-state index contributed by atoms with van der Waals surface area (Å²) in [7, 11) is 1.53. The summed E-state index contributed by atoms with van der Waals surface area (Å²) >= 11 is 0. The second kappa shape index (κ2) is 5.96. The number of anilines is 1. The van der Waals surface area contributed by atoms with E-state index in [-0.39, 0.29) is 5.56 Å². The highest BCUT2D eigenvalue weighted by Gasteiger charge is 2.06. The highest BCUT2D eigenvalue weighted by Crippen LogP contribution is 2.12. The predicted molar refractivity (Wildman–Crippen MR) is 71.8 cm³/mol. The SMILES string of the molecule is COc1cc(C)nc(NCc2cc(C(=O)O)ccn2)n1. The molecule has 0 atom stereocenters. The minimum Gasteiger partial charge on any atom is -0.481 e. The van der Waals surface area contributed by atoms with Gasteiger partial charge in [-0.15, -0.1) is 0 Å². The summed E-state index contributed by atoms with van der Waals surface area (Å²) < 4.78 is 5.05. The van der Waals surface area contributed by atoms with Crippen molar-refractivity contribution in [2.45, 2.75) is 13.5 Å². The van der Waals surface area contributed by atoms with E-state index < -0.39 is 5.97 Å². The second-order valence-electron chi connectivity index (χ2n) is 4.07. The molecule has 2 aromatic rings. The monoisotopic (exact) mass is 274 g/mol. The summed E-state index contributed by atoms with van der Waals surface area (Å²) in [6, 6.07) is 4.66. The van der Waals surface area contributed by atoms with Crippen molar-refractivity contribution in [1.82, 2.24) is 15.0 Å². The molecule has 0 aliphatic heterocycles. The van der Waals surface area contributed by atoms with Crippen LogP contribution >= 0.6 is 0 Å². The van der Waals surface area contributed by atoms with Gasteiger partial charge in [-0.05, 0) is 19.1 Å². The third-order valence-corrected chi connectivity index (χ3v) is 2.53. The number of aryl methyl sites for hydroxylation is 1. The van der Waals surface area contributed by atoms with Crippen molar-refractivity contribution in [3.05, 3.63) is 41.3 Å². The number of aromatic nitrogens is 3. The molecular formula is C13H14N4O3. The van der Waals surface area contributed by atoms with E-state index in [0.29, 0.717) is 24.1 Å². The van der Waals surface area contributed by atoms with Crippen LogP contribution in [-0.2, 0) is 6.54 Å². The van der Waals surface area contributed by atoms with Gasteiger partial charge in [0.1, 0.15) is 0 Å². The Morgan fingerprint density at radius 1 is 1.40 bits per heavy atom. The van der Waals surface area contributed by atoms with E-state index in [1.165, 1.54) is 25.4 Å². The number of aromatic carboxylic acids is 1. The van der Waals surface area contributed by atoms with Gasteiger partial charge in [0, 0.05) is 18.0 Å². The fraction of sp³-hybridized carbons (Fsp3) is 0.231. The standard InChI is InChI=1S/C13H14N4O3/c1-8-5-11(20-2)17-13(16-8)15-7-10-6-9(12(18)19)3-4-14-10/h3-6H,7H2,1-2H3,(H,18,19)(H,15,16,17). The molecule has 0 spiro atoms. The van der Waals surface area contributed by atoms with E-state index in [0.717, 1.165) is 5.69 Å². The topological polar surface area (TPSA) is 97.2 Å². The third-order valence-electron chi connectivity index (χ3n) is 2.53. The van der Waals surface area contributed by atoms with Gasteiger partial charge in [0.05, 0.1) is 24.9 Å². The van der Waals surface area contributed by atoms with Gasteiger partial charge >= 0.3 is 5.97 Å². The average Bonchev–Trinajstić information content (AvgIpc) is 2.44. The molecule has 2 N–H and O–H groups in total. The summed E-state index contributed by atoms with van der Waals surface area (Å²) in [5.74, 6) is -0.112. The molecule has 2 aromatic heterocycles. The van der Waals surface area contributed by atoms with Crippen molar-refractivity contribution in [2.75, 3.05) is 12.4 Å². The van der Waals surface area contributed by atoms with Crippen LogP contribution in [0.1, 0.15) is 21.7 Å². The van der Waals surface area contributed by atoms with Crippen molar-refractivity contribution < 1.29 is 14.6 Å². The molecular weight excluding hydrogens is 260 g/mol. The van der Waals surface area contributed by atoms with E-state index in [1.54, 1.807) is 6.07 Å². The third kappa shape index (κ3) is 3.41. The Bertz CT molecular complexity index is 631. The van der Waals surface area contributed by atoms with Crippen molar-refractivity contribution in [1.29, 1.82) is 0 Å². The Morgan fingerprint density at radius 3 is 2.90 bits per heavy atom. The van der Waals surface area contributed by atoms with E-state index in [1.807, 2.05) is 6.92 Å². The predicted octanol–water partition coefficient (Wildman–Crippen LogP) is 1.50. The molecule has 7 nitrogen and oxygen atoms in total. The van der Waals surface area contributed by atoms with Crippen molar-refractivity contribution in [2.24, 2.45) is 0 Å². The first-order valence-corrected chi connectivity index (χ1v) is 5.90. The highest BCUT2D eigenvalue weighted by molar-refractivity contribution is 5.87. The minimum absolute atomic E-state index is 0.194. The van der Waals surface area contributed by atoms with Crippen LogP contribution < -0.4 is 10.1 Å². The second-order valence-corrected chi connectivity index (χ2v) is 4.07. The molecule has 2 rings (SSSR count). The Balaban J connectivity index is 2.10. The summed E-state index contributed by atoms with van der Waals surface area (Å²) in [6.07, 6.45) is 1.46. The molecule has 0 saturated carbocycles. The Morgan fingerprint density at radius 2 is 2.20 bits per heavy atom. The lowest BCUT2D eigenvalue weighted by molar-refractivity contribution is 0.0696. The maximum absolute atomic E-state index is 10.9. The number of carboxylic acid groups (broad SMARTS) is 1. The first-order valence-electron chi connectivity index (χ1n) is 5.90. The number of hydrogen-bond donors (Lipinski definition) is 2. The average molecular weight is 274 g/mol. The zero-order valence-corrected chi connectivity index (χ0v) is 11.1. The number of nitrogens with zero attached hydrogens (tertiary/aromatic N) is 3. The lowest BCUT2D eigenvalue weighted by Gasteiger charge is -2.07. The normalized spacial score (nSPS) is 10.1. The number of carbonyl (C=O) groups is 1. The fourth-order valence-corrected chi connectivity index (χ4v) is 1.60. The molecule has 0 saturated heterocycles. The van der Waals surface area contributed by atoms with Crippen molar-refractivity contribution >= 4 is 11.9 Å². The molecule has 0 aromatic carbocycles. The Hall–Kier alpha value is -2.70. The lowest BCUT2D eigenvalue weighted by Crippen LogP contribution is -2.07. The zero-order valence-electron chi connectivity index (χ0n) is 11.1. The van der Waals surface area contributed by atoms with Crippen LogP contribution in [0.2, 0.25) is 0 Å². The quantitative estimate of drug-likeness (QED) is 0.852. The first kappa shape index (κ1) is 13.7. The molecule has 7 heteroatoms. The highest BCUT2D eigenvalue weighted by atomic mass is 16.5. The van der Waals surface area contributed by atoms with Gasteiger partial charge in [-0.3, -0.25) is 4.98 Å². The molecule has 0 aliphatic rings. The van der Waals surface area contributed by atoms with E-state index in [9.17, 15) is 4.79 Å². The van der Waals surface area contributed by atoms with Gasteiger partial charge in [-0.1, -0.05) is 0 Å². The number of rotatable bonds is 5. The Kier molecular flexibility index (Phi) is 4.09. The van der Waals surface area contributed by atoms with Crippen LogP contribution in [0, 0.1) is 6.92 Å². The smallest absolute Gasteiger partial charge is 0.335 e. The molecule has 0 radical (unpaired) electrons. The van der Waals surface area contributed by atoms with E-state index >= 15 is 0 Å². The molecule has 0 aliphatic carbocycles. The first-order chi connectivity index (χ1) is 9.58. The lowest BCUT2D eigenvalue weighted by atomic mass is 10.2. The van der Waals surface area contributed by atoms with E-state index in [2.05, 4.69) is 20.3 Å². The van der Waals surface area contributed by atoms with Gasteiger partial charge in [-0.2, -0.15) is 4.98 Å². The summed E-state index contributed by atoms with van der Waals surface area (Å²) in [4.78, 5) is 23.3. The molecule has 104 valence electrons. The molecule has 0 unspecified atom stereocenters. The zero-order chi connectivity index (χ0) is 14.5. The fourth-order valence-electron chi connectivity index (χ4n) is 1.60. The van der Waals surface area contributed by atoms with Crippen LogP contribution in [0.4, 0.5) is 5.95 Å². The molecule has 2 heterocycles. The molecule has 0 bridgehead atoms. The largest absolute Gasteiger partial charge is 0.481 e. The maximum atomic E-state index is 10.9. The number of ether oxygens (including phenoxy) is 1. The van der Waals surface area contributed by atoms with Crippen molar-refractivity contribution in [3.8, 4) is 5.88 Å². The van der Waals surface area contributed by atoms with Crippen LogP contribution in [0.15, 0.2) is 24.4 Å². The number of carboxylic acids is 1. The van der Waals surface area contributed by atoms with Gasteiger partial charge in [0.25, 0.3) is 0 Å². The van der Waals surface area contributed by atoms with Gasteiger partial charge in [0.2, 0.25) is 11.8 Å². The summed E-state index contributed by atoms with van der Waals surface area (Å²) in [6.45, 7) is 2.16. The minimum atomic E-state index is -0.984. The molecule has 0 amide bonds. The van der Waals surface area contributed by atoms with Crippen LogP contribution in [-0.4, -0.2) is 33.1 Å². The number of hydrogen-bond acceptors (Lipinski definition) is 6. The molecule has 0 fully saturated rings. The van der Waals surface area contributed by atoms with Crippen LogP contribution in [0.3, 0.4) is 0 Å².